The molecule has 2 aromatic rings. The van der Waals surface area contributed by atoms with Crippen LogP contribution in [0.5, 0.6) is 0 Å². The molecule has 3 aliphatic carbocycles. The number of ether oxygens (including phenoxy) is 1. The number of aromatic nitrogens is 1. The Morgan fingerprint density at radius 1 is 1.31 bits per heavy atom. The van der Waals surface area contributed by atoms with Crippen LogP contribution < -0.4 is 0 Å². The fraction of sp³-hybridized carbons (Fsp3) is 0.571. The van der Waals surface area contributed by atoms with Gasteiger partial charge in [-0.3, -0.25) is 4.90 Å². The van der Waals surface area contributed by atoms with Crippen LogP contribution in [-0.2, 0) is 4.74 Å². The first-order valence-corrected chi connectivity index (χ1v) is 9.52. The maximum Gasteiger partial charge on any atom is 0.338 e. The third kappa shape index (κ3) is 1.85. The number of rotatable bonds is 5. The van der Waals surface area contributed by atoms with Gasteiger partial charge in [0, 0.05) is 28.2 Å². The average molecular weight is 354 g/mol. The lowest BCUT2D eigenvalue weighted by atomic mass is 9.36. The van der Waals surface area contributed by atoms with Crippen molar-refractivity contribution < 1.29 is 14.6 Å². The number of hydrogen-bond donors (Lipinski definition) is 1. The van der Waals surface area contributed by atoms with Crippen molar-refractivity contribution in [2.45, 2.75) is 50.7 Å². The molecule has 138 valence electrons. The van der Waals surface area contributed by atoms with Gasteiger partial charge in [-0.1, -0.05) is 18.2 Å². The zero-order valence-corrected chi connectivity index (χ0v) is 15.7. The summed E-state index contributed by atoms with van der Waals surface area (Å²) in [5.74, 6) is -0.830. The molecule has 6 rings (SSSR count). The van der Waals surface area contributed by atoms with Crippen molar-refractivity contribution in [3.05, 3.63) is 35.5 Å². The molecule has 1 aromatic heterocycles. The number of carboxylic acids is 1. The number of para-hydroxylation sites is 1. The smallest absolute Gasteiger partial charge is 0.338 e. The Kier molecular flexibility index (Phi) is 3.21. The number of aromatic carboxylic acids is 1. The van der Waals surface area contributed by atoms with E-state index in [0.29, 0.717) is 28.6 Å². The molecule has 1 atom stereocenters. The van der Waals surface area contributed by atoms with E-state index in [9.17, 15) is 9.90 Å². The van der Waals surface area contributed by atoms with Crippen LogP contribution in [-0.4, -0.2) is 52.4 Å². The average Bonchev–Trinajstić information content (AvgIpc) is 2.74. The second kappa shape index (κ2) is 5.11. The SMILES string of the molecule is Cc1c(C(=O)O)c2ccccc2n1[C@H](C)C12CC(N(C)C3COC3)(C1)C2. The molecule has 5 nitrogen and oxygen atoms in total. The van der Waals surface area contributed by atoms with Gasteiger partial charge in [0.25, 0.3) is 0 Å². The van der Waals surface area contributed by atoms with Crippen LogP contribution in [0, 0.1) is 12.3 Å². The van der Waals surface area contributed by atoms with E-state index in [2.05, 4.69) is 29.5 Å². The lowest BCUT2D eigenvalue weighted by Crippen LogP contribution is -2.78. The molecule has 1 N–H and O–H groups in total. The number of hydrogen-bond acceptors (Lipinski definition) is 3. The molecule has 3 saturated carbocycles. The molecule has 4 fully saturated rings. The summed E-state index contributed by atoms with van der Waals surface area (Å²) in [5, 5.41) is 10.6. The minimum absolute atomic E-state index is 0.307. The minimum Gasteiger partial charge on any atom is -0.478 e. The number of carboxylic acid groups (broad SMARTS) is 1. The van der Waals surface area contributed by atoms with Gasteiger partial charge in [-0.2, -0.15) is 0 Å². The predicted molar refractivity (Wildman–Crippen MR) is 99.7 cm³/mol. The summed E-state index contributed by atoms with van der Waals surface area (Å²) in [6.45, 7) is 5.97. The third-order valence-electron chi connectivity index (χ3n) is 7.60. The first-order chi connectivity index (χ1) is 12.4. The van der Waals surface area contributed by atoms with Gasteiger partial charge in [-0.15, -0.1) is 0 Å². The molecule has 26 heavy (non-hydrogen) atoms. The van der Waals surface area contributed by atoms with Crippen LogP contribution in [0.1, 0.15) is 48.3 Å². The van der Waals surface area contributed by atoms with Crippen LogP contribution in [0.2, 0.25) is 0 Å². The summed E-state index contributed by atoms with van der Waals surface area (Å²) < 4.78 is 7.65. The highest BCUT2D eigenvalue weighted by atomic mass is 16.5. The highest BCUT2D eigenvalue weighted by Crippen LogP contribution is 2.74. The van der Waals surface area contributed by atoms with Crippen LogP contribution in [0.3, 0.4) is 0 Å². The lowest BCUT2D eigenvalue weighted by Gasteiger charge is -2.76. The van der Waals surface area contributed by atoms with E-state index in [0.717, 1.165) is 29.8 Å². The van der Waals surface area contributed by atoms with Crippen LogP contribution in [0.4, 0.5) is 0 Å². The Morgan fingerprint density at radius 2 is 1.96 bits per heavy atom. The second-order valence-electron chi connectivity index (χ2n) is 8.75. The molecule has 0 spiro atoms. The summed E-state index contributed by atoms with van der Waals surface area (Å²) >= 11 is 0. The molecule has 1 saturated heterocycles. The van der Waals surface area contributed by atoms with Gasteiger partial charge in [0.1, 0.15) is 0 Å². The van der Waals surface area contributed by atoms with E-state index < -0.39 is 5.97 Å². The largest absolute Gasteiger partial charge is 0.478 e. The maximum atomic E-state index is 11.8. The van der Waals surface area contributed by atoms with Crippen molar-refractivity contribution in [2.75, 3.05) is 20.3 Å². The van der Waals surface area contributed by atoms with Gasteiger partial charge < -0.3 is 14.4 Å². The number of benzene rings is 1. The van der Waals surface area contributed by atoms with Gasteiger partial charge in [-0.05, 0) is 51.6 Å². The van der Waals surface area contributed by atoms with Crippen molar-refractivity contribution >= 4 is 16.9 Å². The van der Waals surface area contributed by atoms with Crippen LogP contribution in [0.25, 0.3) is 10.9 Å². The van der Waals surface area contributed by atoms with Gasteiger partial charge in [0.05, 0.1) is 24.8 Å². The van der Waals surface area contributed by atoms with Crippen molar-refractivity contribution in [1.29, 1.82) is 0 Å². The molecular formula is C21H26N2O3. The summed E-state index contributed by atoms with van der Waals surface area (Å²) in [4.78, 5) is 14.4. The molecule has 0 amide bonds. The molecule has 2 bridgehead atoms. The first kappa shape index (κ1) is 16.3. The van der Waals surface area contributed by atoms with E-state index in [1.54, 1.807) is 0 Å². The van der Waals surface area contributed by atoms with Crippen molar-refractivity contribution in [3.63, 3.8) is 0 Å². The normalized spacial score (nSPS) is 31.4. The zero-order valence-electron chi connectivity index (χ0n) is 15.7. The minimum atomic E-state index is -0.830. The summed E-state index contributed by atoms with van der Waals surface area (Å²) in [6, 6.07) is 8.82. The van der Waals surface area contributed by atoms with Gasteiger partial charge >= 0.3 is 5.97 Å². The summed E-state index contributed by atoms with van der Waals surface area (Å²) in [6.07, 6.45) is 3.63. The van der Waals surface area contributed by atoms with E-state index >= 15 is 0 Å². The highest BCUT2D eigenvalue weighted by Gasteiger charge is 2.72. The molecule has 2 heterocycles. The number of nitrogens with zero attached hydrogens (tertiary/aromatic N) is 2. The Bertz CT molecular complexity index is 892. The molecule has 4 aliphatic rings. The number of likely N-dealkylation sites (N-methyl/N-ethyl adjacent to an activating group) is 1. The Morgan fingerprint density at radius 3 is 2.54 bits per heavy atom. The molecule has 0 radical (unpaired) electrons. The van der Waals surface area contributed by atoms with E-state index in [1.807, 2.05) is 25.1 Å². The van der Waals surface area contributed by atoms with Crippen molar-refractivity contribution in [2.24, 2.45) is 5.41 Å². The lowest BCUT2D eigenvalue weighted by molar-refractivity contribution is -0.260. The summed E-state index contributed by atoms with van der Waals surface area (Å²) in [5.41, 5.74) is 3.05. The Balaban J connectivity index is 1.47. The standard InChI is InChI=1S/C21H26N2O3/c1-13-18(19(24)25)16-6-4-5-7-17(16)23(13)14(2)20-10-21(11-20,12-20)22(3)15-8-26-9-15/h4-7,14-15H,8-12H2,1-3H3,(H,24,25)/t14-,20?,21?/m1/s1. The van der Waals surface area contributed by atoms with Gasteiger partial charge in [-0.25, -0.2) is 4.79 Å². The molecule has 1 aliphatic heterocycles. The van der Waals surface area contributed by atoms with Crippen LogP contribution in [0.15, 0.2) is 24.3 Å². The zero-order chi connectivity index (χ0) is 18.3. The van der Waals surface area contributed by atoms with Crippen molar-refractivity contribution in [3.8, 4) is 0 Å². The van der Waals surface area contributed by atoms with E-state index in [4.69, 9.17) is 4.74 Å². The number of fused-ring (bicyclic) bond motifs is 1. The van der Waals surface area contributed by atoms with Gasteiger partial charge in [0.2, 0.25) is 0 Å². The maximum absolute atomic E-state index is 11.8. The third-order valence-corrected chi connectivity index (χ3v) is 7.60. The quantitative estimate of drug-likeness (QED) is 0.893. The summed E-state index contributed by atoms with van der Waals surface area (Å²) in [7, 11) is 2.25. The monoisotopic (exact) mass is 354 g/mol. The van der Waals surface area contributed by atoms with E-state index in [-0.39, 0.29) is 0 Å². The molecule has 0 unspecified atom stereocenters. The van der Waals surface area contributed by atoms with Crippen LogP contribution >= 0.6 is 0 Å². The fourth-order valence-electron chi connectivity index (χ4n) is 5.90. The van der Waals surface area contributed by atoms with Gasteiger partial charge in [0.15, 0.2) is 0 Å². The van der Waals surface area contributed by atoms with Crippen molar-refractivity contribution in [1.82, 2.24) is 9.47 Å². The molecule has 1 aromatic carbocycles. The highest BCUT2D eigenvalue weighted by molar-refractivity contribution is 6.05. The Labute approximate surface area is 153 Å². The van der Waals surface area contributed by atoms with E-state index in [1.165, 1.54) is 19.3 Å². The molecule has 5 heteroatoms. The fourth-order valence-corrected chi connectivity index (χ4v) is 5.90. The molecular weight excluding hydrogens is 328 g/mol. The topological polar surface area (TPSA) is 54.7 Å². The first-order valence-electron chi connectivity index (χ1n) is 9.52. The Hall–Kier alpha value is -1.85. The predicted octanol–water partition coefficient (Wildman–Crippen LogP) is 3.46. The second-order valence-corrected chi connectivity index (χ2v) is 8.75. The number of carbonyl (C=O) groups is 1.